The summed E-state index contributed by atoms with van der Waals surface area (Å²) in [4.78, 5) is 0.150. The lowest BCUT2D eigenvalue weighted by atomic mass is 10.2. The summed E-state index contributed by atoms with van der Waals surface area (Å²) in [6, 6.07) is 7.38. The van der Waals surface area contributed by atoms with Crippen molar-refractivity contribution in [3.8, 4) is 0 Å². The van der Waals surface area contributed by atoms with Crippen molar-refractivity contribution in [1.29, 1.82) is 0 Å². The van der Waals surface area contributed by atoms with Crippen molar-refractivity contribution >= 4 is 43.8 Å². The number of nitrogens with one attached hydrogen (secondary N) is 1. The molecule has 1 saturated carbocycles. The first kappa shape index (κ1) is 14.6. The highest BCUT2D eigenvalue weighted by Crippen LogP contribution is 2.41. The first-order chi connectivity index (χ1) is 9.98. The number of nitrogen functional groups attached to an aromatic ring is 1. The van der Waals surface area contributed by atoms with E-state index in [4.69, 9.17) is 17.3 Å². The lowest BCUT2D eigenvalue weighted by molar-refractivity contribution is 0.595. The third-order valence-electron chi connectivity index (χ3n) is 3.26. The maximum atomic E-state index is 12.4. The largest absolute Gasteiger partial charge is 0.382 e. The highest BCUT2D eigenvalue weighted by molar-refractivity contribution is 7.92. The fourth-order valence-corrected chi connectivity index (χ4v) is 5.15. The number of benzene rings is 1. The molecule has 0 aliphatic heterocycles. The number of anilines is 2. The van der Waals surface area contributed by atoms with Crippen LogP contribution in [-0.2, 0) is 16.4 Å². The molecule has 1 aliphatic carbocycles. The smallest absolute Gasteiger partial charge is 0.187 e. The Morgan fingerprint density at radius 1 is 1.43 bits per heavy atom. The van der Waals surface area contributed by atoms with Gasteiger partial charge in [0, 0.05) is 11.6 Å². The maximum Gasteiger partial charge on any atom is 0.187 e. The minimum Gasteiger partial charge on any atom is -0.382 e. The molecule has 1 aromatic carbocycles. The first-order valence-corrected chi connectivity index (χ1v) is 9.15. The van der Waals surface area contributed by atoms with Crippen LogP contribution < -0.4 is 11.1 Å². The summed E-state index contributed by atoms with van der Waals surface area (Å²) in [6.07, 6.45) is 1.40. The van der Waals surface area contributed by atoms with Crippen LogP contribution in [0, 0.1) is 0 Å². The Bertz CT molecular complexity index is 769. The molecular formula is C13H14ClN3O2S2. The summed E-state index contributed by atoms with van der Waals surface area (Å²) in [6.45, 7) is 0.468. The minimum absolute atomic E-state index is 0.0838. The molecular weight excluding hydrogens is 330 g/mol. The molecule has 1 aromatic heterocycles. The number of halogens is 1. The molecule has 5 nitrogen and oxygen atoms in total. The average molecular weight is 344 g/mol. The molecule has 0 saturated heterocycles. The summed E-state index contributed by atoms with van der Waals surface area (Å²) in [5.41, 5.74) is 6.71. The second-order valence-electron chi connectivity index (χ2n) is 4.95. The lowest BCUT2D eigenvalue weighted by Gasteiger charge is -2.08. The van der Waals surface area contributed by atoms with Crippen molar-refractivity contribution in [2.75, 3.05) is 11.1 Å². The lowest BCUT2D eigenvalue weighted by Crippen LogP contribution is -2.11. The summed E-state index contributed by atoms with van der Waals surface area (Å²) in [7, 11) is -3.36. The van der Waals surface area contributed by atoms with E-state index in [1.54, 1.807) is 6.07 Å². The van der Waals surface area contributed by atoms with Crippen LogP contribution in [-0.4, -0.2) is 18.0 Å². The number of hydrogen-bond acceptors (Lipinski definition) is 6. The van der Waals surface area contributed by atoms with E-state index in [1.165, 1.54) is 0 Å². The van der Waals surface area contributed by atoms with E-state index in [-0.39, 0.29) is 16.0 Å². The molecule has 0 bridgehead atoms. The quantitative estimate of drug-likeness (QED) is 0.871. The fourth-order valence-electron chi connectivity index (χ4n) is 2.06. The number of aromatic nitrogens is 1. The van der Waals surface area contributed by atoms with Crippen LogP contribution in [0.2, 0.25) is 5.02 Å². The van der Waals surface area contributed by atoms with Gasteiger partial charge in [-0.15, -0.1) is 0 Å². The van der Waals surface area contributed by atoms with Gasteiger partial charge in [0.05, 0.1) is 5.25 Å². The normalized spacial score (nSPS) is 15.1. The predicted octanol–water partition coefficient (Wildman–Crippen LogP) is 2.93. The van der Waals surface area contributed by atoms with Gasteiger partial charge in [0.15, 0.2) is 15.7 Å². The number of nitrogens with two attached hydrogens (primary N) is 1. The predicted molar refractivity (Wildman–Crippen MR) is 85.5 cm³/mol. The van der Waals surface area contributed by atoms with Gasteiger partial charge < -0.3 is 11.1 Å². The van der Waals surface area contributed by atoms with Gasteiger partial charge in [-0.05, 0) is 42.1 Å². The van der Waals surface area contributed by atoms with E-state index in [0.717, 1.165) is 17.1 Å². The zero-order valence-corrected chi connectivity index (χ0v) is 13.4. The monoisotopic (exact) mass is 343 g/mol. The topological polar surface area (TPSA) is 85.1 Å². The molecule has 1 heterocycles. The van der Waals surface area contributed by atoms with Crippen molar-refractivity contribution in [3.63, 3.8) is 0 Å². The summed E-state index contributed by atoms with van der Waals surface area (Å²) in [5.74, 6) is 0.0838. The standard InChI is InChI=1S/C13H14ClN3O2S2/c14-9-3-1-2-8(6-9)7-16-13-11(12(15)17-20-13)21(18,19)10-4-5-10/h1-3,6,10,16H,4-5,7H2,(H2,15,17). The highest BCUT2D eigenvalue weighted by Gasteiger charge is 2.40. The van der Waals surface area contributed by atoms with Crippen LogP contribution in [0.4, 0.5) is 10.8 Å². The van der Waals surface area contributed by atoms with Crippen LogP contribution in [0.25, 0.3) is 0 Å². The van der Waals surface area contributed by atoms with E-state index in [1.807, 2.05) is 18.2 Å². The van der Waals surface area contributed by atoms with Crippen LogP contribution >= 0.6 is 23.1 Å². The van der Waals surface area contributed by atoms with Gasteiger partial charge >= 0.3 is 0 Å². The molecule has 112 valence electrons. The molecule has 8 heteroatoms. The molecule has 0 atom stereocenters. The molecule has 0 radical (unpaired) electrons. The second kappa shape index (κ2) is 5.47. The number of rotatable bonds is 5. The maximum absolute atomic E-state index is 12.4. The molecule has 0 unspecified atom stereocenters. The summed E-state index contributed by atoms with van der Waals surface area (Å²) >= 11 is 7.00. The Morgan fingerprint density at radius 2 is 2.19 bits per heavy atom. The van der Waals surface area contributed by atoms with E-state index < -0.39 is 9.84 Å². The van der Waals surface area contributed by atoms with Gasteiger partial charge in [-0.25, -0.2) is 8.42 Å². The Labute approximate surface area is 132 Å². The Hall–Kier alpha value is -1.31. The van der Waals surface area contributed by atoms with E-state index in [9.17, 15) is 8.42 Å². The van der Waals surface area contributed by atoms with Crippen molar-refractivity contribution in [3.05, 3.63) is 34.9 Å². The van der Waals surface area contributed by atoms with Crippen LogP contribution in [0.3, 0.4) is 0 Å². The van der Waals surface area contributed by atoms with Crippen molar-refractivity contribution in [2.45, 2.75) is 29.5 Å². The van der Waals surface area contributed by atoms with Gasteiger partial charge in [-0.2, -0.15) is 4.37 Å². The second-order valence-corrected chi connectivity index (χ2v) is 8.33. The zero-order valence-electron chi connectivity index (χ0n) is 11.0. The van der Waals surface area contributed by atoms with Gasteiger partial charge in [0.1, 0.15) is 9.90 Å². The number of nitrogens with zero attached hydrogens (tertiary/aromatic N) is 1. The van der Waals surface area contributed by atoms with Gasteiger partial charge in [-0.1, -0.05) is 23.7 Å². The first-order valence-electron chi connectivity index (χ1n) is 6.46. The third-order valence-corrected chi connectivity index (χ3v) is 6.78. The molecule has 21 heavy (non-hydrogen) atoms. The number of sulfone groups is 1. The Morgan fingerprint density at radius 3 is 2.86 bits per heavy atom. The fraction of sp³-hybridized carbons (Fsp3) is 0.308. The van der Waals surface area contributed by atoms with E-state index in [0.29, 0.717) is 29.4 Å². The van der Waals surface area contributed by atoms with Crippen molar-refractivity contribution in [1.82, 2.24) is 4.37 Å². The average Bonchev–Trinajstić information content (AvgIpc) is 3.21. The van der Waals surface area contributed by atoms with Crippen LogP contribution in [0.15, 0.2) is 29.2 Å². The van der Waals surface area contributed by atoms with Crippen LogP contribution in [0.5, 0.6) is 0 Å². The SMILES string of the molecule is Nc1nsc(NCc2cccc(Cl)c2)c1S(=O)(=O)C1CC1. The van der Waals surface area contributed by atoms with Gasteiger partial charge in [-0.3, -0.25) is 0 Å². The van der Waals surface area contributed by atoms with Crippen molar-refractivity contribution < 1.29 is 8.42 Å². The van der Waals surface area contributed by atoms with Gasteiger partial charge in [0.2, 0.25) is 0 Å². The third kappa shape index (κ3) is 3.00. The van der Waals surface area contributed by atoms with E-state index in [2.05, 4.69) is 9.69 Å². The van der Waals surface area contributed by atoms with Crippen molar-refractivity contribution in [2.24, 2.45) is 0 Å². The van der Waals surface area contributed by atoms with E-state index >= 15 is 0 Å². The minimum atomic E-state index is -3.36. The highest BCUT2D eigenvalue weighted by atomic mass is 35.5. The molecule has 3 N–H and O–H groups in total. The molecule has 0 spiro atoms. The number of hydrogen-bond donors (Lipinski definition) is 2. The Kier molecular flexibility index (Phi) is 3.81. The molecule has 3 rings (SSSR count). The van der Waals surface area contributed by atoms with Gasteiger partial charge in [0.25, 0.3) is 0 Å². The molecule has 1 aliphatic rings. The molecule has 0 amide bonds. The summed E-state index contributed by atoms with van der Waals surface area (Å²) < 4.78 is 28.8. The summed E-state index contributed by atoms with van der Waals surface area (Å²) in [5, 5.41) is 3.94. The zero-order chi connectivity index (χ0) is 15.0. The molecule has 2 aromatic rings. The molecule has 1 fully saturated rings. The van der Waals surface area contributed by atoms with Crippen LogP contribution in [0.1, 0.15) is 18.4 Å². The Balaban J connectivity index is 1.84.